The van der Waals surface area contributed by atoms with Gasteiger partial charge in [0.25, 0.3) is 0 Å². The van der Waals surface area contributed by atoms with Gasteiger partial charge in [-0.1, -0.05) is 49.6 Å². The van der Waals surface area contributed by atoms with Crippen LogP contribution in [0, 0.1) is 17.8 Å². The summed E-state index contributed by atoms with van der Waals surface area (Å²) < 4.78 is 0. The van der Waals surface area contributed by atoms with Crippen LogP contribution in [0.5, 0.6) is 0 Å². The minimum Gasteiger partial charge on any atom is -0.372 e. The molecule has 6 rings (SSSR count). The number of rotatable bonds is 6. The van der Waals surface area contributed by atoms with E-state index >= 15 is 0 Å². The van der Waals surface area contributed by atoms with Crippen LogP contribution in [0.1, 0.15) is 88.7 Å². The summed E-state index contributed by atoms with van der Waals surface area (Å²) in [5.74, 6) is 2.89. The van der Waals surface area contributed by atoms with Gasteiger partial charge in [-0.3, -0.25) is 0 Å². The number of nitrogens with zero attached hydrogens (tertiary/aromatic N) is 1. The molecule has 1 nitrogen and oxygen atoms in total. The van der Waals surface area contributed by atoms with Crippen LogP contribution in [0.2, 0.25) is 5.02 Å². The van der Waals surface area contributed by atoms with E-state index in [9.17, 15) is 0 Å². The first-order valence-electron chi connectivity index (χ1n) is 12.3. The Morgan fingerprint density at radius 2 is 1.66 bits per heavy atom. The molecule has 0 heterocycles. The van der Waals surface area contributed by atoms with E-state index in [1.807, 2.05) is 0 Å². The zero-order valence-electron chi connectivity index (χ0n) is 18.3. The highest BCUT2D eigenvalue weighted by Crippen LogP contribution is 2.61. The Morgan fingerprint density at radius 1 is 1.03 bits per heavy atom. The molecule has 158 valence electrons. The first-order valence-corrected chi connectivity index (χ1v) is 12.7. The lowest BCUT2D eigenvalue weighted by molar-refractivity contribution is -0.00514. The molecule has 5 aliphatic carbocycles. The summed E-state index contributed by atoms with van der Waals surface area (Å²) in [5.41, 5.74) is 4.46. The fourth-order valence-corrected chi connectivity index (χ4v) is 8.41. The molecule has 5 aliphatic rings. The van der Waals surface area contributed by atoms with Gasteiger partial charge in [-0.25, -0.2) is 0 Å². The van der Waals surface area contributed by atoms with Crippen molar-refractivity contribution in [3.63, 3.8) is 0 Å². The molecular weight excluding hydrogens is 374 g/mol. The minimum atomic E-state index is 0.388. The molecule has 29 heavy (non-hydrogen) atoms. The summed E-state index contributed by atoms with van der Waals surface area (Å²) >= 11 is 6.97. The van der Waals surface area contributed by atoms with Gasteiger partial charge in [0.2, 0.25) is 0 Å². The maximum atomic E-state index is 6.97. The first-order chi connectivity index (χ1) is 14.1. The lowest BCUT2D eigenvalue weighted by Gasteiger charge is -2.57. The summed E-state index contributed by atoms with van der Waals surface area (Å²) in [6.45, 7) is 7.84. The van der Waals surface area contributed by atoms with E-state index in [-0.39, 0.29) is 0 Å². The molecule has 5 fully saturated rings. The lowest BCUT2D eigenvalue weighted by atomic mass is 9.48. The van der Waals surface area contributed by atoms with E-state index in [1.54, 1.807) is 0 Å². The Labute approximate surface area is 182 Å². The second-order valence-electron chi connectivity index (χ2n) is 10.8. The molecular formula is C27H38ClN. The molecule has 1 aromatic rings. The van der Waals surface area contributed by atoms with Crippen molar-refractivity contribution in [2.45, 2.75) is 95.4 Å². The van der Waals surface area contributed by atoms with Crippen molar-refractivity contribution >= 4 is 11.6 Å². The summed E-state index contributed by atoms with van der Waals surface area (Å²) in [6, 6.07) is 7.73. The molecule has 0 atom stereocenters. The Hall–Kier alpha value is -0.950. The van der Waals surface area contributed by atoms with Crippen molar-refractivity contribution in [1.82, 2.24) is 4.90 Å². The van der Waals surface area contributed by atoms with Gasteiger partial charge in [0.1, 0.15) is 0 Å². The largest absolute Gasteiger partial charge is 0.372 e. The molecule has 2 heteroatoms. The molecule has 0 aliphatic heterocycles. The smallest absolute Gasteiger partial charge is 0.0446 e. The number of hydrogen-bond acceptors (Lipinski definition) is 1. The first kappa shape index (κ1) is 20.0. The molecule has 5 saturated carbocycles. The van der Waals surface area contributed by atoms with Crippen LogP contribution in [-0.4, -0.2) is 17.5 Å². The van der Waals surface area contributed by atoms with E-state index in [0.29, 0.717) is 11.5 Å². The maximum absolute atomic E-state index is 6.97. The predicted octanol–water partition coefficient (Wildman–Crippen LogP) is 7.52. The zero-order chi connectivity index (χ0) is 20.0. The average molecular weight is 412 g/mol. The van der Waals surface area contributed by atoms with Gasteiger partial charge in [0.05, 0.1) is 0 Å². The molecule has 0 N–H and O–H groups in total. The zero-order valence-corrected chi connectivity index (χ0v) is 19.0. The quantitative estimate of drug-likeness (QED) is 0.467. The van der Waals surface area contributed by atoms with Gasteiger partial charge in [-0.2, -0.15) is 0 Å². The van der Waals surface area contributed by atoms with Crippen LogP contribution in [0.3, 0.4) is 0 Å². The molecule has 0 amide bonds. The number of hydrogen-bond donors (Lipinski definition) is 0. The van der Waals surface area contributed by atoms with Crippen LogP contribution in [0.4, 0.5) is 0 Å². The van der Waals surface area contributed by atoms with Crippen molar-refractivity contribution in [3.8, 4) is 0 Å². The van der Waals surface area contributed by atoms with E-state index in [1.165, 1.54) is 87.5 Å². The summed E-state index contributed by atoms with van der Waals surface area (Å²) in [4.78, 5) is 2.57. The topological polar surface area (TPSA) is 3.24 Å². The molecule has 0 aromatic heterocycles. The van der Waals surface area contributed by atoms with E-state index in [4.69, 9.17) is 11.6 Å². The molecule has 4 bridgehead atoms. The van der Waals surface area contributed by atoms with Crippen molar-refractivity contribution in [2.24, 2.45) is 17.8 Å². The SMILES string of the molecule is C=C(Cc1ccc(C23CC4CC(CC(C4)C2)C3)c(Cl)c1)N(CC)C1CCCCC1. The van der Waals surface area contributed by atoms with Crippen LogP contribution in [0.25, 0.3) is 0 Å². The Bertz CT molecular complexity index is 725. The maximum Gasteiger partial charge on any atom is 0.0446 e. The van der Waals surface area contributed by atoms with E-state index in [0.717, 1.165) is 35.7 Å². The van der Waals surface area contributed by atoms with Gasteiger partial charge in [0, 0.05) is 29.7 Å². The van der Waals surface area contributed by atoms with Gasteiger partial charge in [-0.05, 0) is 98.7 Å². The molecule has 0 saturated heterocycles. The third-order valence-electron chi connectivity index (χ3n) is 8.81. The lowest BCUT2D eigenvalue weighted by Crippen LogP contribution is -2.48. The number of allylic oxidation sites excluding steroid dienone is 1. The van der Waals surface area contributed by atoms with Crippen molar-refractivity contribution in [3.05, 3.63) is 46.6 Å². The normalized spacial score (nSPS) is 33.8. The summed E-state index contributed by atoms with van der Waals surface area (Å²) in [6.07, 6.45) is 16.4. The van der Waals surface area contributed by atoms with Gasteiger partial charge < -0.3 is 4.90 Å². The van der Waals surface area contributed by atoms with Crippen molar-refractivity contribution < 1.29 is 0 Å². The second kappa shape index (κ2) is 7.95. The van der Waals surface area contributed by atoms with Crippen LogP contribution in [-0.2, 0) is 11.8 Å². The van der Waals surface area contributed by atoms with Crippen LogP contribution >= 0.6 is 11.6 Å². The van der Waals surface area contributed by atoms with Gasteiger partial charge >= 0.3 is 0 Å². The molecule has 0 spiro atoms. The monoisotopic (exact) mass is 411 g/mol. The number of halogens is 1. The molecule has 0 radical (unpaired) electrons. The second-order valence-corrected chi connectivity index (χ2v) is 11.2. The average Bonchev–Trinajstić information content (AvgIpc) is 2.68. The Balaban J connectivity index is 1.32. The number of benzene rings is 1. The van der Waals surface area contributed by atoms with E-state index in [2.05, 4.69) is 36.6 Å². The summed E-state index contributed by atoms with van der Waals surface area (Å²) in [7, 11) is 0. The highest BCUT2D eigenvalue weighted by Gasteiger charge is 2.52. The van der Waals surface area contributed by atoms with Gasteiger partial charge in [-0.15, -0.1) is 0 Å². The van der Waals surface area contributed by atoms with Gasteiger partial charge in [0.15, 0.2) is 0 Å². The highest BCUT2D eigenvalue weighted by molar-refractivity contribution is 6.31. The minimum absolute atomic E-state index is 0.388. The standard InChI is InChI=1S/C27H38ClN/c1-3-29(24-7-5-4-6-8-24)19(2)11-20-9-10-25(26(28)15-20)27-16-21-12-22(17-27)14-23(13-21)18-27/h9-10,15,21-24H,2-8,11-14,16-18H2,1H3. The fraction of sp³-hybridized carbons (Fsp3) is 0.704. The predicted molar refractivity (Wildman–Crippen MR) is 123 cm³/mol. The van der Waals surface area contributed by atoms with Crippen molar-refractivity contribution in [1.29, 1.82) is 0 Å². The number of likely N-dealkylation sites (N-methyl/N-ethyl adjacent to an activating group) is 1. The fourth-order valence-electron chi connectivity index (χ4n) is 8.01. The Morgan fingerprint density at radius 3 is 2.21 bits per heavy atom. The Kier molecular flexibility index (Phi) is 5.48. The van der Waals surface area contributed by atoms with Crippen LogP contribution in [0.15, 0.2) is 30.5 Å². The van der Waals surface area contributed by atoms with E-state index < -0.39 is 0 Å². The third kappa shape index (κ3) is 3.78. The van der Waals surface area contributed by atoms with Crippen LogP contribution < -0.4 is 0 Å². The molecule has 1 aromatic carbocycles. The third-order valence-corrected chi connectivity index (χ3v) is 9.13. The molecule has 0 unspecified atom stereocenters. The highest BCUT2D eigenvalue weighted by atomic mass is 35.5. The summed E-state index contributed by atoms with van der Waals surface area (Å²) in [5, 5.41) is 1.03. The van der Waals surface area contributed by atoms with Crippen molar-refractivity contribution in [2.75, 3.05) is 6.54 Å².